The lowest BCUT2D eigenvalue weighted by atomic mass is 10.00. The Morgan fingerprint density at radius 2 is 2.08 bits per heavy atom. The smallest absolute Gasteiger partial charge is 0.254 e. The molecule has 0 saturated carbocycles. The van der Waals surface area contributed by atoms with E-state index in [0.29, 0.717) is 48.4 Å². The summed E-state index contributed by atoms with van der Waals surface area (Å²) >= 11 is 6.33. The molecule has 1 N–H and O–H groups in total. The molecule has 1 amide bonds. The van der Waals surface area contributed by atoms with Gasteiger partial charge >= 0.3 is 0 Å². The van der Waals surface area contributed by atoms with E-state index >= 15 is 0 Å². The van der Waals surface area contributed by atoms with Crippen molar-refractivity contribution >= 4 is 17.5 Å². The van der Waals surface area contributed by atoms with Crippen molar-refractivity contribution in [3.8, 4) is 11.5 Å². The zero-order chi connectivity index (χ0) is 17.7. The van der Waals surface area contributed by atoms with E-state index in [1.165, 1.54) is 0 Å². The highest BCUT2D eigenvalue weighted by Crippen LogP contribution is 2.37. The molecule has 0 aliphatic carbocycles. The van der Waals surface area contributed by atoms with Crippen LogP contribution in [-0.4, -0.2) is 48.8 Å². The minimum atomic E-state index is -0.0947. The number of aliphatic hydroxyl groups excluding tert-OH is 1. The molecule has 2 atom stereocenters. The maximum absolute atomic E-state index is 12.8. The number of ether oxygens (including phenoxy) is 2. The lowest BCUT2D eigenvalue weighted by molar-refractivity contribution is 0.0780. The van der Waals surface area contributed by atoms with Gasteiger partial charge in [0.15, 0.2) is 11.5 Å². The van der Waals surface area contributed by atoms with Gasteiger partial charge in [0.05, 0.1) is 18.2 Å². The first-order chi connectivity index (χ1) is 11.5. The van der Waals surface area contributed by atoms with Crippen LogP contribution in [-0.2, 0) is 0 Å². The molecule has 0 unspecified atom stereocenters. The molecule has 0 radical (unpaired) electrons. The molecular weight excluding hydrogens is 330 g/mol. The minimum absolute atomic E-state index is 0.0947. The van der Waals surface area contributed by atoms with Crippen LogP contribution in [0.25, 0.3) is 0 Å². The van der Waals surface area contributed by atoms with Gasteiger partial charge in [0, 0.05) is 31.2 Å². The topological polar surface area (TPSA) is 59.0 Å². The number of halogens is 1. The highest BCUT2D eigenvalue weighted by Gasteiger charge is 2.32. The fourth-order valence-electron chi connectivity index (χ4n) is 2.92. The molecule has 0 spiro atoms. The number of aliphatic hydroxyl groups is 1. The van der Waals surface area contributed by atoms with Gasteiger partial charge in [0.1, 0.15) is 0 Å². The number of carbonyl (C=O) groups excluding carboxylic acids is 1. The zero-order valence-electron chi connectivity index (χ0n) is 14.5. The van der Waals surface area contributed by atoms with Crippen molar-refractivity contribution in [2.24, 2.45) is 11.8 Å². The minimum Gasteiger partial charge on any atom is -0.490 e. The summed E-state index contributed by atoms with van der Waals surface area (Å²) in [4.78, 5) is 14.5. The Morgan fingerprint density at radius 1 is 1.33 bits per heavy atom. The van der Waals surface area contributed by atoms with Crippen LogP contribution < -0.4 is 9.47 Å². The van der Waals surface area contributed by atoms with Crippen LogP contribution in [0.2, 0.25) is 5.02 Å². The van der Waals surface area contributed by atoms with Crippen LogP contribution in [0.3, 0.4) is 0 Å². The number of hydrogen-bond donors (Lipinski definition) is 1. The van der Waals surface area contributed by atoms with Crippen molar-refractivity contribution < 1.29 is 19.4 Å². The van der Waals surface area contributed by atoms with Gasteiger partial charge in [-0.3, -0.25) is 4.79 Å². The van der Waals surface area contributed by atoms with Gasteiger partial charge in [-0.25, -0.2) is 0 Å². The molecule has 134 valence electrons. The predicted octanol–water partition coefficient (Wildman–Crippen LogP) is 3.23. The van der Waals surface area contributed by atoms with E-state index in [4.69, 9.17) is 21.1 Å². The Kier molecular flexibility index (Phi) is 6.75. The van der Waals surface area contributed by atoms with Gasteiger partial charge in [-0.15, -0.1) is 0 Å². The molecule has 0 aromatic heterocycles. The number of carbonyl (C=O) groups is 1. The average Bonchev–Trinajstić information content (AvgIpc) is 2.94. The molecule has 1 fully saturated rings. The third kappa shape index (κ3) is 4.14. The molecule has 6 heteroatoms. The molecule has 1 aromatic rings. The number of nitrogens with zero attached hydrogens (tertiary/aromatic N) is 1. The zero-order valence-corrected chi connectivity index (χ0v) is 15.3. The number of benzene rings is 1. The Balaban J connectivity index is 2.25. The third-order valence-corrected chi connectivity index (χ3v) is 4.58. The molecule has 0 bridgehead atoms. The number of amides is 1. The fraction of sp³-hybridized carbons (Fsp3) is 0.611. The largest absolute Gasteiger partial charge is 0.490 e. The molecule has 1 heterocycles. The Hall–Kier alpha value is -1.46. The molecule has 2 rings (SSSR count). The SMILES string of the molecule is CCCOc1c(Cl)cc(C(=O)N2C[C@@H](CO)[C@H](C)C2)cc1OCC. The van der Waals surface area contributed by atoms with Crippen LogP contribution in [0.15, 0.2) is 12.1 Å². The van der Waals surface area contributed by atoms with Gasteiger partial charge in [-0.05, 0) is 31.4 Å². The van der Waals surface area contributed by atoms with Crippen LogP contribution >= 0.6 is 11.6 Å². The van der Waals surface area contributed by atoms with E-state index < -0.39 is 0 Å². The second-order valence-electron chi connectivity index (χ2n) is 6.20. The quantitative estimate of drug-likeness (QED) is 0.815. The summed E-state index contributed by atoms with van der Waals surface area (Å²) in [5.41, 5.74) is 0.484. The summed E-state index contributed by atoms with van der Waals surface area (Å²) in [5, 5.41) is 9.77. The molecular formula is C18H26ClNO4. The normalized spacial score (nSPS) is 20.3. The van der Waals surface area contributed by atoms with Gasteiger partial charge in [0.25, 0.3) is 5.91 Å². The molecule has 24 heavy (non-hydrogen) atoms. The van der Waals surface area contributed by atoms with E-state index in [1.54, 1.807) is 17.0 Å². The monoisotopic (exact) mass is 355 g/mol. The van der Waals surface area contributed by atoms with Gasteiger partial charge < -0.3 is 19.5 Å². The van der Waals surface area contributed by atoms with Gasteiger partial charge in [-0.1, -0.05) is 25.4 Å². The van der Waals surface area contributed by atoms with Crippen LogP contribution in [0.5, 0.6) is 11.5 Å². The van der Waals surface area contributed by atoms with E-state index in [0.717, 1.165) is 6.42 Å². The lowest BCUT2D eigenvalue weighted by Gasteiger charge is -2.19. The van der Waals surface area contributed by atoms with Crippen molar-refractivity contribution in [3.63, 3.8) is 0 Å². The first kappa shape index (κ1) is 18.9. The van der Waals surface area contributed by atoms with Crippen molar-refractivity contribution in [3.05, 3.63) is 22.7 Å². The predicted molar refractivity (Wildman–Crippen MR) is 94.1 cm³/mol. The molecule has 1 aliphatic heterocycles. The van der Waals surface area contributed by atoms with Gasteiger partial charge in [-0.2, -0.15) is 0 Å². The Bertz CT molecular complexity index is 578. The lowest BCUT2D eigenvalue weighted by Crippen LogP contribution is -2.29. The highest BCUT2D eigenvalue weighted by molar-refractivity contribution is 6.32. The summed E-state index contributed by atoms with van der Waals surface area (Å²) < 4.78 is 11.3. The van der Waals surface area contributed by atoms with E-state index in [9.17, 15) is 9.90 Å². The van der Waals surface area contributed by atoms with Crippen LogP contribution in [0.4, 0.5) is 0 Å². The summed E-state index contributed by atoms with van der Waals surface area (Å²) in [6.45, 7) is 8.23. The first-order valence-corrected chi connectivity index (χ1v) is 8.88. The van der Waals surface area contributed by atoms with Crippen molar-refractivity contribution in [2.45, 2.75) is 27.2 Å². The van der Waals surface area contributed by atoms with Gasteiger partial charge in [0.2, 0.25) is 0 Å². The second kappa shape index (κ2) is 8.58. The number of likely N-dealkylation sites (tertiary alicyclic amines) is 1. The maximum atomic E-state index is 12.8. The van der Waals surface area contributed by atoms with Crippen LogP contribution in [0, 0.1) is 11.8 Å². The van der Waals surface area contributed by atoms with E-state index in [-0.39, 0.29) is 24.3 Å². The van der Waals surface area contributed by atoms with Crippen molar-refractivity contribution in [1.29, 1.82) is 0 Å². The standard InChI is InChI=1S/C18H26ClNO4/c1-4-6-24-17-15(19)7-13(8-16(17)23-5-2)18(22)20-9-12(3)14(10-20)11-21/h7-8,12,14,21H,4-6,9-11H2,1-3H3/t12-,14+/m1/s1. The summed E-state index contributed by atoms with van der Waals surface area (Å²) in [6, 6.07) is 3.33. The number of hydrogen-bond acceptors (Lipinski definition) is 4. The molecule has 5 nitrogen and oxygen atoms in total. The maximum Gasteiger partial charge on any atom is 0.254 e. The third-order valence-electron chi connectivity index (χ3n) is 4.30. The molecule has 1 aromatic carbocycles. The Labute approximate surface area is 148 Å². The molecule has 1 aliphatic rings. The Morgan fingerprint density at radius 3 is 2.67 bits per heavy atom. The van der Waals surface area contributed by atoms with Crippen molar-refractivity contribution in [1.82, 2.24) is 4.90 Å². The highest BCUT2D eigenvalue weighted by atomic mass is 35.5. The molecule has 1 saturated heterocycles. The second-order valence-corrected chi connectivity index (χ2v) is 6.60. The van der Waals surface area contributed by atoms with Crippen LogP contribution in [0.1, 0.15) is 37.6 Å². The summed E-state index contributed by atoms with van der Waals surface area (Å²) in [6.07, 6.45) is 0.858. The van der Waals surface area contributed by atoms with E-state index in [2.05, 4.69) is 6.92 Å². The average molecular weight is 356 g/mol. The summed E-state index contributed by atoms with van der Waals surface area (Å²) in [7, 11) is 0. The van der Waals surface area contributed by atoms with Crippen molar-refractivity contribution in [2.75, 3.05) is 32.9 Å². The number of rotatable bonds is 7. The van der Waals surface area contributed by atoms with E-state index in [1.807, 2.05) is 13.8 Å². The fourth-order valence-corrected chi connectivity index (χ4v) is 3.18. The summed E-state index contributed by atoms with van der Waals surface area (Å²) in [5.74, 6) is 1.30. The first-order valence-electron chi connectivity index (χ1n) is 8.51.